The summed E-state index contributed by atoms with van der Waals surface area (Å²) in [6.45, 7) is 0. The van der Waals surface area contributed by atoms with Crippen molar-refractivity contribution in [1.82, 2.24) is 9.97 Å². The van der Waals surface area contributed by atoms with Crippen LogP contribution in [0.5, 0.6) is 11.8 Å². The Hall–Kier alpha value is -0.760. The van der Waals surface area contributed by atoms with E-state index in [0.717, 1.165) is 3.57 Å². The second-order valence-electron chi connectivity index (χ2n) is 2.86. The molecule has 0 bridgehead atoms. The van der Waals surface area contributed by atoms with Crippen LogP contribution in [-0.4, -0.2) is 9.97 Å². The number of ether oxygens (including phenoxy) is 1. The van der Waals surface area contributed by atoms with Gasteiger partial charge in [-0.05, 0) is 50.7 Å². The number of hydrogen-bond acceptors (Lipinski definition) is 3. The van der Waals surface area contributed by atoms with E-state index in [4.69, 9.17) is 4.74 Å². The summed E-state index contributed by atoms with van der Waals surface area (Å²) in [6.07, 6.45) is 3.24. The van der Waals surface area contributed by atoms with Gasteiger partial charge < -0.3 is 4.74 Å². The van der Waals surface area contributed by atoms with Gasteiger partial charge >= 0.3 is 6.01 Å². The number of rotatable bonds is 2. The molecule has 0 aliphatic rings. The van der Waals surface area contributed by atoms with E-state index in [0.29, 0.717) is 10.2 Å². The molecule has 16 heavy (non-hydrogen) atoms. The van der Waals surface area contributed by atoms with Crippen molar-refractivity contribution < 1.29 is 9.13 Å². The van der Waals surface area contributed by atoms with E-state index >= 15 is 0 Å². The van der Waals surface area contributed by atoms with E-state index in [9.17, 15) is 4.39 Å². The van der Waals surface area contributed by atoms with Crippen molar-refractivity contribution >= 4 is 38.5 Å². The second kappa shape index (κ2) is 5.05. The van der Waals surface area contributed by atoms with Crippen LogP contribution < -0.4 is 4.74 Å². The van der Waals surface area contributed by atoms with Gasteiger partial charge in [0.2, 0.25) is 0 Å². The van der Waals surface area contributed by atoms with E-state index < -0.39 is 0 Å². The molecule has 3 nitrogen and oxygen atoms in total. The maximum atomic E-state index is 13.0. The van der Waals surface area contributed by atoms with Crippen LogP contribution in [0.2, 0.25) is 0 Å². The zero-order valence-corrected chi connectivity index (χ0v) is 11.6. The van der Waals surface area contributed by atoms with Crippen LogP contribution in [0, 0.1) is 9.39 Å². The molecule has 0 spiro atoms. The highest BCUT2D eigenvalue weighted by Crippen LogP contribution is 2.28. The normalized spacial score (nSPS) is 10.2. The summed E-state index contributed by atoms with van der Waals surface area (Å²) in [5.41, 5.74) is 0. The molecule has 1 aromatic heterocycles. The average Bonchev–Trinajstić information content (AvgIpc) is 2.27. The first kappa shape index (κ1) is 11.7. The van der Waals surface area contributed by atoms with Crippen molar-refractivity contribution in [1.29, 1.82) is 0 Å². The predicted molar refractivity (Wildman–Crippen MR) is 68.9 cm³/mol. The maximum absolute atomic E-state index is 13.0. The number of nitrogens with zero attached hydrogens (tertiary/aromatic N) is 2. The van der Waals surface area contributed by atoms with Gasteiger partial charge in [-0.15, -0.1) is 0 Å². The highest BCUT2D eigenvalue weighted by Gasteiger charge is 2.06. The van der Waals surface area contributed by atoms with Crippen LogP contribution in [0.25, 0.3) is 0 Å². The number of aromatic nitrogens is 2. The van der Waals surface area contributed by atoms with Gasteiger partial charge in [0, 0.05) is 22.0 Å². The van der Waals surface area contributed by atoms with E-state index in [2.05, 4.69) is 48.5 Å². The van der Waals surface area contributed by atoms with Crippen molar-refractivity contribution in [3.05, 3.63) is 44.5 Å². The van der Waals surface area contributed by atoms with Crippen LogP contribution in [0.4, 0.5) is 4.39 Å². The summed E-state index contributed by atoms with van der Waals surface area (Å²) in [4.78, 5) is 7.92. The standard InChI is InChI=1S/C10H5BrFIN2O/c11-8-2-1-6(12)3-9(8)16-10-14-4-7(13)5-15-10/h1-5H. The lowest BCUT2D eigenvalue weighted by atomic mass is 10.3. The Kier molecular flexibility index (Phi) is 3.70. The molecule has 0 radical (unpaired) electrons. The fourth-order valence-electron chi connectivity index (χ4n) is 1.01. The molecule has 2 rings (SSSR count). The van der Waals surface area contributed by atoms with Crippen LogP contribution in [-0.2, 0) is 0 Å². The predicted octanol–water partition coefficient (Wildman–Crippen LogP) is 3.78. The minimum absolute atomic E-state index is 0.187. The molecule has 0 saturated heterocycles. The third kappa shape index (κ3) is 2.88. The molecule has 0 N–H and O–H groups in total. The fourth-order valence-corrected chi connectivity index (χ4v) is 1.61. The Morgan fingerprint density at radius 1 is 1.25 bits per heavy atom. The first-order valence-electron chi connectivity index (χ1n) is 4.25. The van der Waals surface area contributed by atoms with Crippen LogP contribution in [0.1, 0.15) is 0 Å². The molecule has 1 aromatic carbocycles. The topological polar surface area (TPSA) is 35.0 Å². The number of benzene rings is 1. The average molecular weight is 395 g/mol. The Bertz CT molecular complexity index is 507. The molecule has 0 atom stereocenters. The highest BCUT2D eigenvalue weighted by atomic mass is 127. The summed E-state index contributed by atoms with van der Waals surface area (Å²) in [6, 6.07) is 4.36. The lowest BCUT2D eigenvalue weighted by Crippen LogP contribution is -1.93. The molecule has 0 aliphatic heterocycles. The van der Waals surface area contributed by atoms with E-state index in [1.807, 2.05) is 0 Å². The molecular formula is C10H5BrFIN2O. The third-order valence-electron chi connectivity index (χ3n) is 1.69. The Balaban J connectivity index is 2.26. The van der Waals surface area contributed by atoms with Gasteiger partial charge in [-0.1, -0.05) is 0 Å². The Morgan fingerprint density at radius 3 is 2.62 bits per heavy atom. The lowest BCUT2D eigenvalue weighted by Gasteiger charge is -2.05. The van der Waals surface area contributed by atoms with E-state index in [-0.39, 0.29) is 11.8 Å². The zero-order valence-electron chi connectivity index (χ0n) is 7.82. The molecule has 0 aliphatic carbocycles. The molecule has 0 amide bonds. The summed E-state index contributed by atoms with van der Waals surface area (Å²) in [5, 5.41) is 0. The maximum Gasteiger partial charge on any atom is 0.321 e. The first-order valence-corrected chi connectivity index (χ1v) is 6.13. The van der Waals surface area contributed by atoms with Gasteiger partial charge in [-0.2, -0.15) is 0 Å². The van der Waals surface area contributed by atoms with Crippen LogP contribution in [0.15, 0.2) is 35.1 Å². The molecule has 82 valence electrons. The second-order valence-corrected chi connectivity index (χ2v) is 4.96. The summed E-state index contributed by atoms with van der Waals surface area (Å²) < 4.78 is 19.9. The van der Waals surface area contributed by atoms with Gasteiger partial charge in [0.05, 0.1) is 4.47 Å². The minimum atomic E-state index is -0.372. The van der Waals surface area contributed by atoms with Gasteiger partial charge in [-0.3, -0.25) is 0 Å². The Labute approximate surface area is 113 Å². The number of halogens is 3. The van der Waals surface area contributed by atoms with Crippen LogP contribution in [0.3, 0.4) is 0 Å². The summed E-state index contributed by atoms with van der Waals surface area (Å²) >= 11 is 5.34. The van der Waals surface area contributed by atoms with Crippen molar-refractivity contribution in [2.45, 2.75) is 0 Å². The van der Waals surface area contributed by atoms with Gasteiger partial charge in [0.1, 0.15) is 11.6 Å². The van der Waals surface area contributed by atoms with Crippen molar-refractivity contribution in [2.24, 2.45) is 0 Å². The first-order chi connectivity index (χ1) is 7.65. The van der Waals surface area contributed by atoms with Gasteiger partial charge in [0.15, 0.2) is 0 Å². The largest absolute Gasteiger partial charge is 0.423 e. The van der Waals surface area contributed by atoms with Crippen molar-refractivity contribution in [3.63, 3.8) is 0 Å². The summed E-state index contributed by atoms with van der Waals surface area (Å²) in [5.74, 6) is -0.0232. The molecule has 0 fully saturated rings. The van der Waals surface area contributed by atoms with Crippen molar-refractivity contribution in [3.8, 4) is 11.8 Å². The minimum Gasteiger partial charge on any atom is -0.423 e. The van der Waals surface area contributed by atoms with Gasteiger partial charge in [-0.25, -0.2) is 14.4 Å². The zero-order chi connectivity index (χ0) is 11.5. The molecule has 2 aromatic rings. The van der Waals surface area contributed by atoms with Gasteiger partial charge in [0.25, 0.3) is 0 Å². The third-order valence-corrected chi connectivity index (χ3v) is 2.90. The monoisotopic (exact) mass is 394 g/mol. The smallest absolute Gasteiger partial charge is 0.321 e. The Morgan fingerprint density at radius 2 is 1.94 bits per heavy atom. The molecular weight excluding hydrogens is 390 g/mol. The lowest BCUT2D eigenvalue weighted by molar-refractivity contribution is 0.435. The molecule has 1 heterocycles. The highest BCUT2D eigenvalue weighted by molar-refractivity contribution is 14.1. The fraction of sp³-hybridized carbons (Fsp3) is 0. The molecule has 0 saturated carbocycles. The number of hydrogen-bond donors (Lipinski definition) is 0. The molecule has 6 heteroatoms. The molecule has 0 unspecified atom stereocenters. The van der Waals surface area contributed by atoms with E-state index in [1.54, 1.807) is 18.5 Å². The van der Waals surface area contributed by atoms with Crippen LogP contribution >= 0.6 is 38.5 Å². The van der Waals surface area contributed by atoms with Crippen molar-refractivity contribution in [2.75, 3.05) is 0 Å². The summed E-state index contributed by atoms with van der Waals surface area (Å²) in [7, 11) is 0. The SMILES string of the molecule is Fc1ccc(Br)c(Oc2ncc(I)cn2)c1. The quantitative estimate of drug-likeness (QED) is 0.727. The van der Waals surface area contributed by atoms with E-state index in [1.165, 1.54) is 12.1 Å².